The second-order valence-electron chi connectivity index (χ2n) is 7.48. The molecular formula is C24H26ClN3O2. The summed E-state index contributed by atoms with van der Waals surface area (Å²) in [6.45, 7) is 4.95. The molecule has 0 radical (unpaired) electrons. The van der Waals surface area contributed by atoms with Gasteiger partial charge in [-0.25, -0.2) is 0 Å². The highest BCUT2D eigenvalue weighted by atomic mass is 35.5. The fourth-order valence-corrected chi connectivity index (χ4v) is 3.66. The number of aryl methyl sites for hydroxylation is 1. The van der Waals surface area contributed by atoms with Crippen LogP contribution in [0, 0.1) is 13.8 Å². The number of nitrogens with zero attached hydrogens (tertiary/aromatic N) is 2. The van der Waals surface area contributed by atoms with Crippen molar-refractivity contribution in [1.29, 1.82) is 0 Å². The van der Waals surface area contributed by atoms with Crippen molar-refractivity contribution in [3.8, 4) is 0 Å². The minimum absolute atomic E-state index is 0.00421. The van der Waals surface area contributed by atoms with E-state index in [0.29, 0.717) is 16.3 Å². The Kier molecular flexibility index (Phi) is 7.08. The molecule has 1 heterocycles. The lowest BCUT2D eigenvalue weighted by Crippen LogP contribution is -2.34. The van der Waals surface area contributed by atoms with Crippen molar-refractivity contribution < 1.29 is 9.59 Å². The van der Waals surface area contributed by atoms with Gasteiger partial charge in [-0.15, -0.1) is 0 Å². The number of anilines is 1. The molecule has 0 aliphatic carbocycles. The molecule has 0 fully saturated rings. The zero-order valence-corrected chi connectivity index (χ0v) is 18.2. The second-order valence-corrected chi connectivity index (χ2v) is 7.89. The quantitative estimate of drug-likeness (QED) is 0.540. The molecule has 0 aliphatic rings. The van der Waals surface area contributed by atoms with E-state index in [0.717, 1.165) is 17.9 Å². The molecule has 0 spiro atoms. The Morgan fingerprint density at radius 1 is 1.00 bits per heavy atom. The number of amides is 1. The number of hydrogen-bond acceptors (Lipinski definition) is 3. The van der Waals surface area contributed by atoms with Crippen molar-refractivity contribution in [1.82, 2.24) is 9.47 Å². The molecule has 1 N–H and O–H groups in total. The Morgan fingerprint density at radius 2 is 1.67 bits per heavy atom. The summed E-state index contributed by atoms with van der Waals surface area (Å²) in [7, 11) is 1.76. The van der Waals surface area contributed by atoms with Crippen LogP contribution in [0.4, 0.5) is 5.69 Å². The molecule has 0 bridgehead atoms. The summed E-state index contributed by atoms with van der Waals surface area (Å²) >= 11 is 6.08. The van der Waals surface area contributed by atoms with Crippen LogP contribution in [0.1, 0.15) is 27.3 Å². The number of nitrogens with one attached hydrogen (secondary N) is 1. The normalized spacial score (nSPS) is 11.0. The average molecular weight is 424 g/mol. The van der Waals surface area contributed by atoms with Crippen molar-refractivity contribution in [2.75, 3.05) is 25.5 Å². The summed E-state index contributed by atoms with van der Waals surface area (Å²) in [5.74, 6) is -0.219. The maximum Gasteiger partial charge on any atom is 0.238 e. The molecule has 0 saturated carbocycles. The molecular weight excluding hydrogens is 398 g/mol. The zero-order chi connectivity index (χ0) is 21.7. The van der Waals surface area contributed by atoms with Gasteiger partial charge in [0.05, 0.1) is 23.8 Å². The Hall–Kier alpha value is -2.89. The number of Topliss-reactive ketones (excluding diaryl/α,β-unsaturated/α-hetero) is 1. The van der Waals surface area contributed by atoms with Crippen LogP contribution >= 0.6 is 11.6 Å². The minimum atomic E-state index is -0.215. The third-order valence-electron chi connectivity index (χ3n) is 5.03. The number of ketones is 1. The van der Waals surface area contributed by atoms with Crippen LogP contribution in [0.3, 0.4) is 0 Å². The Morgan fingerprint density at radius 3 is 2.37 bits per heavy atom. The van der Waals surface area contributed by atoms with Crippen LogP contribution in [-0.4, -0.2) is 41.3 Å². The molecule has 2 aromatic carbocycles. The van der Waals surface area contributed by atoms with Gasteiger partial charge < -0.3 is 9.88 Å². The summed E-state index contributed by atoms with van der Waals surface area (Å²) in [5, 5.41) is 3.26. The van der Waals surface area contributed by atoms with Crippen molar-refractivity contribution >= 4 is 29.0 Å². The van der Waals surface area contributed by atoms with Gasteiger partial charge in [0.1, 0.15) is 0 Å². The first kappa shape index (κ1) is 21.8. The highest BCUT2D eigenvalue weighted by Crippen LogP contribution is 2.20. The van der Waals surface area contributed by atoms with E-state index in [1.807, 2.05) is 38.1 Å². The van der Waals surface area contributed by atoms with Crippen molar-refractivity contribution in [2.24, 2.45) is 0 Å². The lowest BCUT2D eigenvalue weighted by molar-refractivity contribution is -0.116. The molecule has 1 amide bonds. The number of rotatable bonds is 8. The van der Waals surface area contributed by atoms with Gasteiger partial charge in [-0.2, -0.15) is 0 Å². The van der Waals surface area contributed by atoms with Crippen molar-refractivity contribution in [3.05, 3.63) is 88.2 Å². The number of aromatic nitrogens is 1. The minimum Gasteiger partial charge on any atom is -0.344 e. The van der Waals surface area contributed by atoms with E-state index < -0.39 is 0 Å². The number of halogens is 1. The first-order valence-electron chi connectivity index (χ1n) is 9.82. The number of hydrogen-bond donors (Lipinski definition) is 1. The van der Waals surface area contributed by atoms with Crippen LogP contribution in [0.15, 0.2) is 60.7 Å². The third kappa shape index (κ3) is 5.38. The highest BCUT2D eigenvalue weighted by Gasteiger charge is 2.18. The predicted octanol–water partition coefficient (Wildman–Crippen LogP) is 4.56. The van der Waals surface area contributed by atoms with Gasteiger partial charge in [-0.05, 0) is 44.7 Å². The zero-order valence-electron chi connectivity index (χ0n) is 17.5. The molecule has 30 heavy (non-hydrogen) atoms. The van der Waals surface area contributed by atoms with Crippen LogP contribution in [0.5, 0.6) is 0 Å². The monoisotopic (exact) mass is 423 g/mol. The topological polar surface area (TPSA) is 54.3 Å². The van der Waals surface area contributed by atoms with E-state index in [2.05, 4.69) is 22.0 Å². The molecule has 3 aromatic rings. The first-order chi connectivity index (χ1) is 14.3. The molecule has 0 aliphatic heterocycles. The van der Waals surface area contributed by atoms with Crippen molar-refractivity contribution in [3.63, 3.8) is 0 Å². The molecule has 3 rings (SSSR count). The number of para-hydroxylation sites is 1. The average Bonchev–Trinajstić information content (AvgIpc) is 2.99. The van der Waals surface area contributed by atoms with Gasteiger partial charge in [0.2, 0.25) is 5.91 Å². The number of benzene rings is 2. The Balaban J connectivity index is 1.62. The lowest BCUT2D eigenvalue weighted by Gasteiger charge is -2.16. The van der Waals surface area contributed by atoms with Crippen LogP contribution in [0.25, 0.3) is 0 Å². The van der Waals surface area contributed by atoms with Gasteiger partial charge in [0.25, 0.3) is 0 Å². The molecule has 0 unspecified atom stereocenters. The van der Waals surface area contributed by atoms with E-state index in [9.17, 15) is 9.59 Å². The molecule has 5 nitrogen and oxygen atoms in total. The van der Waals surface area contributed by atoms with Gasteiger partial charge in [0, 0.05) is 23.5 Å². The van der Waals surface area contributed by atoms with Crippen LogP contribution in [-0.2, 0) is 11.3 Å². The SMILES string of the molecule is Cc1cc(C(=O)CN(C)CC(=O)Nc2ccccc2Cl)c(C)n1Cc1ccccc1. The maximum atomic E-state index is 12.9. The van der Waals surface area contributed by atoms with Crippen LogP contribution in [0.2, 0.25) is 5.02 Å². The van der Waals surface area contributed by atoms with E-state index in [-0.39, 0.29) is 24.8 Å². The molecule has 0 atom stereocenters. The summed E-state index contributed by atoms with van der Waals surface area (Å²) in [6.07, 6.45) is 0. The summed E-state index contributed by atoms with van der Waals surface area (Å²) in [6, 6.07) is 19.2. The fraction of sp³-hybridized carbons (Fsp3) is 0.250. The van der Waals surface area contributed by atoms with Gasteiger partial charge >= 0.3 is 0 Å². The Labute approximate surface area is 182 Å². The first-order valence-corrected chi connectivity index (χ1v) is 10.2. The molecule has 0 saturated heterocycles. The summed E-state index contributed by atoms with van der Waals surface area (Å²) < 4.78 is 2.15. The molecule has 1 aromatic heterocycles. The fourth-order valence-electron chi connectivity index (χ4n) is 3.48. The maximum absolute atomic E-state index is 12.9. The summed E-state index contributed by atoms with van der Waals surface area (Å²) in [5.41, 5.74) is 4.43. The molecule has 6 heteroatoms. The van der Waals surface area contributed by atoms with E-state index >= 15 is 0 Å². The van der Waals surface area contributed by atoms with Gasteiger partial charge in [0.15, 0.2) is 5.78 Å². The number of carbonyl (C=O) groups is 2. The standard InChI is InChI=1S/C24H26ClN3O2/c1-17-13-20(18(2)28(17)14-19-9-5-4-6-10-19)23(29)15-27(3)16-24(30)26-22-12-8-7-11-21(22)25/h4-13H,14-16H2,1-3H3,(H,26,30). The Bertz CT molecular complexity index is 1040. The number of likely N-dealkylation sites (N-methyl/N-ethyl adjacent to an activating group) is 1. The summed E-state index contributed by atoms with van der Waals surface area (Å²) in [4.78, 5) is 26.9. The molecule has 156 valence electrons. The number of carbonyl (C=O) groups excluding carboxylic acids is 2. The van der Waals surface area contributed by atoms with E-state index in [1.165, 1.54) is 5.56 Å². The van der Waals surface area contributed by atoms with Gasteiger partial charge in [-0.1, -0.05) is 54.1 Å². The van der Waals surface area contributed by atoms with Gasteiger partial charge in [-0.3, -0.25) is 14.5 Å². The van der Waals surface area contributed by atoms with Crippen molar-refractivity contribution in [2.45, 2.75) is 20.4 Å². The van der Waals surface area contributed by atoms with Crippen LogP contribution < -0.4 is 5.32 Å². The van der Waals surface area contributed by atoms with E-state index in [4.69, 9.17) is 11.6 Å². The predicted molar refractivity (Wildman–Crippen MR) is 121 cm³/mol. The smallest absolute Gasteiger partial charge is 0.238 e. The largest absolute Gasteiger partial charge is 0.344 e. The third-order valence-corrected chi connectivity index (χ3v) is 5.36. The highest BCUT2D eigenvalue weighted by molar-refractivity contribution is 6.33. The lowest BCUT2D eigenvalue weighted by atomic mass is 10.1. The van der Waals surface area contributed by atoms with E-state index in [1.54, 1.807) is 36.2 Å². The second kappa shape index (κ2) is 9.74.